The molecule has 0 spiro atoms. The molecule has 0 fully saturated rings. The lowest BCUT2D eigenvalue weighted by molar-refractivity contribution is -0.134. The lowest BCUT2D eigenvalue weighted by atomic mass is 10.1. The molecule has 0 atom stereocenters. The van der Waals surface area contributed by atoms with E-state index in [0.29, 0.717) is 41.7 Å². The number of fused-ring (bicyclic) bond motifs is 1. The van der Waals surface area contributed by atoms with Crippen LogP contribution in [0.5, 0.6) is 0 Å². The van der Waals surface area contributed by atoms with Gasteiger partial charge in [0.05, 0.1) is 6.20 Å². The number of aromatic nitrogens is 4. The van der Waals surface area contributed by atoms with E-state index in [4.69, 9.17) is 0 Å². The molecule has 0 saturated heterocycles. The number of carboxylic acids is 1. The van der Waals surface area contributed by atoms with Crippen molar-refractivity contribution in [1.29, 1.82) is 0 Å². The number of rotatable bonds is 5. The molecule has 2 N–H and O–H groups in total. The van der Waals surface area contributed by atoms with Gasteiger partial charge >= 0.3 is 5.97 Å². The maximum atomic E-state index is 13.1. The second-order valence-electron chi connectivity index (χ2n) is 6.56. The molecule has 148 valence electrons. The number of aliphatic carboxylic acids is 1. The minimum atomic E-state index is -0.971. The summed E-state index contributed by atoms with van der Waals surface area (Å²) in [5, 5.41) is 12.5. The van der Waals surface area contributed by atoms with Crippen LogP contribution in [-0.4, -0.2) is 48.6 Å². The molecule has 0 amide bonds. The topological polar surface area (TPSA) is 96.2 Å². The van der Waals surface area contributed by atoms with Gasteiger partial charge in [-0.3, -0.25) is 0 Å². The van der Waals surface area contributed by atoms with Crippen LogP contribution in [0.2, 0.25) is 0 Å². The van der Waals surface area contributed by atoms with Crippen molar-refractivity contribution in [3.05, 3.63) is 60.0 Å². The Balaban J connectivity index is 1.68. The number of allylic oxidation sites excluding steroid dienone is 2. The smallest absolute Gasteiger partial charge is 0.352 e. The molecule has 0 saturated carbocycles. The van der Waals surface area contributed by atoms with Crippen LogP contribution < -0.4 is 5.32 Å². The highest BCUT2D eigenvalue weighted by Crippen LogP contribution is 2.26. The molecule has 3 heterocycles. The Morgan fingerprint density at radius 3 is 2.72 bits per heavy atom. The zero-order valence-electron chi connectivity index (χ0n) is 15.9. The molecule has 0 unspecified atom stereocenters. The van der Waals surface area contributed by atoms with E-state index in [1.807, 2.05) is 20.0 Å². The van der Waals surface area contributed by atoms with Crippen LogP contribution in [0.3, 0.4) is 0 Å². The number of aryl methyl sites for hydroxylation is 1. The first-order valence-corrected chi connectivity index (χ1v) is 9.08. The molecule has 29 heavy (non-hydrogen) atoms. The Labute approximate surface area is 166 Å². The average molecular weight is 394 g/mol. The summed E-state index contributed by atoms with van der Waals surface area (Å²) in [5.41, 5.74) is 2.82. The van der Waals surface area contributed by atoms with Gasteiger partial charge in [0, 0.05) is 31.4 Å². The van der Waals surface area contributed by atoms with Crippen LogP contribution in [0, 0.1) is 5.82 Å². The Hall–Kier alpha value is -3.75. The molecule has 2 aromatic heterocycles. The van der Waals surface area contributed by atoms with Crippen LogP contribution in [0.4, 0.5) is 16.0 Å². The minimum absolute atomic E-state index is 0.238. The molecule has 0 aliphatic carbocycles. The molecule has 1 aliphatic rings. The highest BCUT2D eigenvalue weighted by Gasteiger charge is 2.22. The third-order valence-electron chi connectivity index (χ3n) is 4.74. The first-order valence-electron chi connectivity index (χ1n) is 9.08. The predicted octanol–water partition coefficient (Wildman–Crippen LogP) is 2.93. The number of hydrogen-bond acceptors (Lipinski definition) is 6. The maximum absolute atomic E-state index is 13.1. The summed E-state index contributed by atoms with van der Waals surface area (Å²) in [5.74, 6) is -0.320. The van der Waals surface area contributed by atoms with Gasteiger partial charge in [-0.05, 0) is 37.3 Å². The summed E-state index contributed by atoms with van der Waals surface area (Å²) in [4.78, 5) is 26.7. The molecule has 1 aliphatic heterocycles. The Bertz CT molecular complexity index is 1150. The summed E-state index contributed by atoms with van der Waals surface area (Å²) >= 11 is 0. The number of hydrogen-bond donors (Lipinski definition) is 2. The van der Waals surface area contributed by atoms with Crippen LogP contribution >= 0.6 is 0 Å². The lowest BCUT2D eigenvalue weighted by Gasteiger charge is -2.25. The zero-order chi connectivity index (χ0) is 20.5. The van der Waals surface area contributed by atoms with Gasteiger partial charge in [0.15, 0.2) is 5.65 Å². The fourth-order valence-electron chi connectivity index (χ4n) is 3.22. The Morgan fingerprint density at radius 2 is 2.03 bits per heavy atom. The minimum Gasteiger partial charge on any atom is -0.477 e. The summed E-state index contributed by atoms with van der Waals surface area (Å²) in [7, 11) is 1.82. The summed E-state index contributed by atoms with van der Waals surface area (Å²) < 4.78 is 14.9. The summed E-state index contributed by atoms with van der Waals surface area (Å²) in [6, 6.07) is 5.90. The molecule has 0 bridgehead atoms. The van der Waals surface area contributed by atoms with Gasteiger partial charge < -0.3 is 19.9 Å². The number of nitrogens with zero attached hydrogens (tertiary/aromatic N) is 5. The molecule has 3 aromatic rings. The Morgan fingerprint density at radius 1 is 1.28 bits per heavy atom. The van der Waals surface area contributed by atoms with Gasteiger partial charge in [-0.2, -0.15) is 4.98 Å². The van der Waals surface area contributed by atoms with Crippen LogP contribution in [0.25, 0.3) is 16.7 Å². The highest BCUT2D eigenvalue weighted by molar-refractivity contribution is 5.92. The fraction of sp³-hybridized carbons (Fsp3) is 0.200. The first kappa shape index (κ1) is 18.6. The largest absolute Gasteiger partial charge is 0.477 e. The number of imidazole rings is 1. The number of carbonyl (C=O) groups is 1. The third-order valence-corrected chi connectivity index (χ3v) is 4.74. The number of halogens is 1. The van der Waals surface area contributed by atoms with Crippen molar-refractivity contribution in [3.8, 4) is 0 Å². The van der Waals surface area contributed by atoms with Crippen molar-refractivity contribution in [2.24, 2.45) is 7.05 Å². The second-order valence-corrected chi connectivity index (χ2v) is 6.56. The predicted molar refractivity (Wildman–Crippen MR) is 107 cm³/mol. The van der Waals surface area contributed by atoms with E-state index in [-0.39, 0.29) is 11.5 Å². The van der Waals surface area contributed by atoms with E-state index in [1.165, 1.54) is 12.1 Å². The van der Waals surface area contributed by atoms with Crippen LogP contribution in [0.1, 0.15) is 12.7 Å². The molecule has 0 radical (unpaired) electrons. The number of anilines is 2. The van der Waals surface area contributed by atoms with Gasteiger partial charge in [0.25, 0.3) is 0 Å². The van der Waals surface area contributed by atoms with Crippen LogP contribution in [-0.2, 0) is 11.8 Å². The van der Waals surface area contributed by atoms with Gasteiger partial charge in [-0.1, -0.05) is 6.08 Å². The van der Waals surface area contributed by atoms with E-state index in [2.05, 4.69) is 20.3 Å². The number of carboxylic acid groups (broad SMARTS) is 1. The Kier molecular flexibility index (Phi) is 4.71. The molecule has 4 rings (SSSR count). The van der Waals surface area contributed by atoms with E-state index in [9.17, 15) is 14.3 Å². The number of likely N-dealkylation sites (N-methyl/N-ethyl adjacent to an activating group) is 1. The van der Waals surface area contributed by atoms with Gasteiger partial charge in [0.2, 0.25) is 5.95 Å². The van der Waals surface area contributed by atoms with Crippen LogP contribution in [0.15, 0.2) is 48.3 Å². The first-order chi connectivity index (χ1) is 14.0. The molecular formula is C20H19FN6O2. The van der Waals surface area contributed by atoms with Gasteiger partial charge in [-0.25, -0.2) is 19.2 Å². The van der Waals surface area contributed by atoms with Crippen molar-refractivity contribution >= 4 is 34.3 Å². The highest BCUT2D eigenvalue weighted by atomic mass is 19.1. The van der Waals surface area contributed by atoms with Gasteiger partial charge in [0.1, 0.15) is 22.9 Å². The normalized spacial score (nSPS) is 14.0. The lowest BCUT2D eigenvalue weighted by Crippen LogP contribution is -2.30. The standard InChI is InChI=1S/C20H19FN6O2/c1-3-27-9-8-12(10-16(27)19(28)29)17-24-15-11-22-20(25-18(15)26(17)2)23-14-6-4-13(21)5-7-14/h4-8,10-11H,3,9H2,1-2H3,(H,28,29)(H,22,23,25). The third kappa shape index (κ3) is 3.54. The van der Waals surface area contributed by atoms with Crippen molar-refractivity contribution < 1.29 is 14.3 Å². The van der Waals surface area contributed by atoms with Crippen molar-refractivity contribution in [2.75, 3.05) is 18.4 Å². The van der Waals surface area contributed by atoms with E-state index in [1.54, 1.807) is 33.9 Å². The van der Waals surface area contributed by atoms with Gasteiger partial charge in [-0.15, -0.1) is 0 Å². The molecular weight excluding hydrogens is 375 g/mol. The molecule has 1 aromatic carbocycles. The quantitative estimate of drug-likeness (QED) is 0.687. The second kappa shape index (κ2) is 7.34. The fourth-order valence-corrected chi connectivity index (χ4v) is 3.22. The monoisotopic (exact) mass is 394 g/mol. The molecule has 9 heteroatoms. The van der Waals surface area contributed by atoms with E-state index in [0.717, 1.165) is 5.57 Å². The SMILES string of the molecule is CCN1CC=C(c2nc3cnc(Nc4ccc(F)cc4)nc3n2C)C=C1C(=O)O. The maximum Gasteiger partial charge on any atom is 0.352 e. The van der Waals surface area contributed by atoms with Crippen molar-refractivity contribution in [1.82, 2.24) is 24.4 Å². The number of nitrogens with one attached hydrogen (secondary N) is 1. The van der Waals surface area contributed by atoms with Crippen molar-refractivity contribution in [3.63, 3.8) is 0 Å². The van der Waals surface area contributed by atoms with E-state index < -0.39 is 5.97 Å². The zero-order valence-corrected chi connectivity index (χ0v) is 15.9. The average Bonchev–Trinajstić information content (AvgIpc) is 3.05. The van der Waals surface area contributed by atoms with E-state index >= 15 is 0 Å². The van der Waals surface area contributed by atoms with Crippen molar-refractivity contribution in [2.45, 2.75) is 6.92 Å². The summed E-state index contributed by atoms with van der Waals surface area (Å²) in [6.07, 6.45) is 5.17. The summed E-state index contributed by atoms with van der Waals surface area (Å²) in [6.45, 7) is 3.01. The number of benzene rings is 1. The molecule has 8 nitrogen and oxygen atoms in total.